The van der Waals surface area contributed by atoms with Gasteiger partial charge >= 0.3 is 5.97 Å². The lowest BCUT2D eigenvalue weighted by molar-refractivity contribution is -0.138. The van der Waals surface area contributed by atoms with E-state index in [2.05, 4.69) is 21.2 Å². The zero-order valence-corrected chi connectivity index (χ0v) is 23.4. The van der Waals surface area contributed by atoms with Gasteiger partial charge in [0.25, 0.3) is 0 Å². The van der Waals surface area contributed by atoms with Crippen LogP contribution in [0.15, 0.2) is 82.0 Å². The summed E-state index contributed by atoms with van der Waals surface area (Å²) in [6, 6.07) is 18.7. The van der Waals surface area contributed by atoms with E-state index in [4.69, 9.17) is 25.8 Å². The predicted molar refractivity (Wildman–Crippen MR) is 149 cm³/mol. The van der Waals surface area contributed by atoms with E-state index in [1.165, 1.54) is 7.11 Å². The van der Waals surface area contributed by atoms with Crippen LogP contribution >= 0.6 is 27.5 Å². The highest BCUT2D eigenvalue weighted by Crippen LogP contribution is 2.49. The quantitative estimate of drug-likeness (QED) is 0.303. The second-order valence-electron chi connectivity index (χ2n) is 8.93. The highest BCUT2D eigenvalue weighted by atomic mass is 79.9. The van der Waals surface area contributed by atoms with Crippen molar-refractivity contribution < 1.29 is 23.8 Å². The number of dihydropyridines is 1. The summed E-state index contributed by atoms with van der Waals surface area (Å²) < 4.78 is 18.1. The van der Waals surface area contributed by atoms with Crippen molar-refractivity contribution in [1.82, 2.24) is 5.32 Å². The summed E-state index contributed by atoms with van der Waals surface area (Å²) in [7, 11) is 1.53. The predicted octanol–water partition coefficient (Wildman–Crippen LogP) is 6.82. The largest absolute Gasteiger partial charge is 0.493 e. The Bertz CT molecular complexity index is 1510. The van der Waals surface area contributed by atoms with Gasteiger partial charge in [0.15, 0.2) is 17.3 Å². The first kappa shape index (κ1) is 26.1. The summed E-state index contributed by atoms with van der Waals surface area (Å²) in [5.41, 5.74) is 5.10. The van der Waals surface area contributed by atoms with Crippen LogP contribution in [0.4, 0.5) is 0 Å². The number of hydrogen-bond donors (Lipinski definition) is 1. The van der Waals surface area contributed by atoms with Crippen molar-refractivity contribution in [3.63, 3.8) is 0 Å². The van der Waals surface area contributed by atoms with Gasteiger partial charge in [-0.25, -0.2) is 4.79 Å². The maximum atomic E-state index is 13.7. The van der Waals surface area contributed by atoms with Gasteiger partial charge < -0.3 is 19.5 Å². The Morgan fingerprint density at radius 1 is 1.08 bits per heavy atom. The number of benzene rings is 3. The Hall–Kier alpha value is -3.55. The fourth-order valence-electron chi connectivity index (χ4n) is 4.92. The van der Waals surface area contributed by atoms with Gasteiger partial charge in [0.2, 0.25) is 0 Å². The number of ketones is 1. The maximum absolute atomic E-state index is 13.7. The first-order chi connectivity index (χ1) is 18.3. The van der Waals surface area contributed by atoms with E-state index in [1.54, 1.807) is 25.1 Å². The third kappa shape index (κ3) is 4.61. The van der Waals surface area contributed by atoms with E-state index in [0.717, 1.165) is 15.6 Å². The van der Waals surface area contributed by atoms with Gasteiger partial charge in [-0.3, -0.25) is 4.79 Å². The second-order valence-corrected chi connectivity index (χ2v) is 10.3. The van der Waals surface area contributed by atoms with Crippen LogP contribution < -0.4 is 14.8 Å². The van der Waals surface area contributed by atoms with Crippen LogP contribution in [0.5, 0.6) is 11.5 Å². The van der Waals surface area contributed by atoms with Crippen molar-refractivity contribution >= 4 is 45.0 Å². The van der Waals surface area contributed by atoms with Crippen LogP contribution in [0, 0.1) is 0 Å². The molecule has 1 aliphatic carbocycles. The van der Waals surface area contributed by atoms with E-state index in [1.807, 2.05) is 49.4 Å². The van der Waals surface area contributed by atoms with Crippen LogP contribution in [0.1, 0.15) is 46.8 Å². The van der Waals surface area contributed by atoms with Crippen LogP contribution in [-0.2, 0) is 16.1 Å². The molecule has 6 nitrogen and oxygen atoms in total. The van der Waals surface area contributed by atoms with E-state index in [0.29, 0.717) is 50.2 Å². The Balaban J connectivity index is 1.60. The number of Topliss-reactive ketones (excluding diaryl/α,β-unsaturated/α-hetero) is 1. The Morgan fingerprint density at radius 3 is 2.47 bits per heavy atom. The summed E-state index contributed by atoms with van der Waals surface area (Å²) in [5, 5.41) is 3.60. The highest BCUT2D eigenvalue weighted by molar-refractivity contribution is 9.10. The van der Waals surface area contributed by atoms with Gasteiger partial charge in [0.05, 0.1) is 30.0 Å². The molecule has 2 aliphatic rings. The minimum atomic E-state index is -0.711. The second kappa shape index (κ2) is 10.7. The molecule has 0 saturated carbocycles. The van der Waals surface area contributed by atoms with Gasteiger partial charge in [-0.2, -0.15) is 0 Å². The molecule has 194 valence electrons. The number of carbonyl (C=O) groups is 2. The fraction of sp³-hybridized carbons (Fsp3) is 0.200. The van der Waals surface area contributed by atoms with Gasteiger partial charge in [-0.15, -0.1) is 0 Å². The Kier molecular flexibility index (Phi) is 7.32. The van der Waals surface area contributed by atoms with Crippen molar-refractivity contribution in [3.05, 3.63) is 109 Å². The first-order valence-corrected chi connectivity index (χ1v) is 13.3. The maximum Gasteiger partial charge on any atom is 0.336 e. The average molecular weight is 595 g/mol. The molecule has 1 atom stereocenters. The van der Waals surface area contributed by atoms with Crippen molar-refractivity contribution in [2.24, 2.45) is 0 Å². The average Bonchev–Trinajstić information content (AvgIpc) is 3.19. The zero-order chi connectivity index (χ0) is 27.0. The molecular formula is C30H25BrClNO5. The SMILES string of the molecule is CCOC(=O)C1=C(C)NC2=C(C(=O)c3ccccc32)[C@@H]1c1cc(Cl)c(OCc2ccc(Br)cc2)c(OC)c1. The third-order valence-corrected chi connectivity index (χ3v) is 7.44. The van der Waals surface area contributed by atoms with Crippen LogP contribution in [-0.4, -0.2) is 25.5 Å². The number of ether oxygens (including phenoxy) is 3. The van der Waals surface area contributed by atoms with Gasteiger partial charge in [-0.05, 0) is 49.2 Å². The number of rotatable bonds is 7. The summed E-state index contributed by atoms with van der Waals surface area (Å²) >= 11 is 10.2. The number of hydrogen-bond acceptors (Lipinski definition) is 6. The minimum Gasteiger partial charge on any atom is -0.493 e. The molecule has 1 heterocycles. The van der Waals surface area contributed by atoms with E-state index >= 15 is 0 Å². The molecule has 8 heteroatoms. The molecular weight excluding hydrogens is 570 g/mol. The molecule has 0 spiro atoms. The zero-order valence-electron chi connectivity index (χ0n) is 21.1. The van der Waals surface area contributed by atoms with Crippen LogP contribution in [0.3, 0.4) is 0 Å². The smallest absolute Gasteiger partial charge is 0.336 e. The molecule has 0 radical (unpaired) electrons. The molecule has 0 amide bonds. The van der Waals surface area contributed by atoms with Gasteiger partial charge in [0.1, 0.15) is 6.61 Å². The fourth-order valence-corrected chi connectivity index (χ4v) is 5.46. The van der Waals surface area contributed by atoms with Crippen molar-refractivity contribution in [3.8, 4) is 11.5 Å². The van der Waals surface area contributed by atoms with Crippen molar-refractivity contribution in [1.29, 1.82) is 0 Å². The minimum absolute atomic E-state index is 0.145. The lowest BCUT2D eigenvalue weighted by Gasteiger charge is -2.29. The summed E-state index contributed by atoms with van der Waals surface area (Å²) in [5.74, 6) is -0.578. The molecule has 5 rings (SSSR count). The van der Waals surface area contributed by atoms with E-state index in [9.17, 15) is 9.59 Å². The van der Waals surface area contributed by atoms with E-state index in [-0.39, 0.29) is 19.0 Å². The monoisotopic (exact) mass is 593 g/mol. The molecule has 0 aromatic heterocycles. The molecule has 3 aromatic rings. The number of halogens is 2. The normalized spacial score (nSPS) is 16.1. The molecule has 0 bridgehead atoms. The lowest BCUT2D eigenvalue weighted by Crippen LogP contribution is -2.29. The number of nitrogens with one attached hydrogen (secondary N) is 1. The third-order valence-electron chi connectivity index (χ3n) is 6.63. The summed E-state index contributed by atoms with van der Waals surface area (Å²) in [4.78, 5) is 26.9. The number of carbonyl (C=O) groups excluding carboxylic acids is 2. The lowest BCUT2D eigenvalue weighted by atomic mass is 9.79. The molecule has 0 fully saturated rings. The number of esters is 1. The molecule has 1 aliphatic heterocycles. The molecule has 1 N–H and O–H groups in total. The van der Waals surface area contributed by atoms with Crippen molar-refractivity contribution in [2.75, 3.05) is 13.7 Å². The first-order valence-electron chi connectivity index (χ1n) is 12.1. The summed E-state index contributed by atoms with van der Waals surface area (Å²) in [6.07, 6.45) is 0. The number of allylic oxidation sites excluding steroid dienone is 2. The number of methoxy groups -OCH3 is 1. The molecule has 38 heavy (non-hydrogen) atoms. The molecule has 0 unspecified atom stereocenters. The van der Waals surface area contributed by atoms with Crippen LogP contribution in [0.25, 0.3) is 5.70 Å². The summed E-state index contributed by atoms with van der Waals surface area (Å²) in [6.45, 7) is 4.04. The number of fused-ring (bicyclic) bond motifs is 2. The highest BCUT2D eigenvalue weighted by Gasteiger charge is 2.43. The van der Waals surface area contributed by atoms with Gasteiger partial charge in [0, 0.05) is 32.8 Å². The van der Waals surface area contributed by atoms with E-state index < -0.39 is 11.9 Å². The van der Waals surface area contributed by atoms with Crippen LogP contribution in [0.2, 0.25) is 5.02 Å². The molecule has 3 aromatic carbocycles. The van der Waals surface area contributed by atoms with Gasteiger partial charge in [-0.1, -0.05) is 63.9 Å². The topological polar surface area (TPSA) is 73.9 Å². The molecule has 0 saturated heterocycles. The van der Waals surface area contributed by atoms with Crippen molar-refractivity contribution in [2.45, 2.75) is 26.4 Å². The Morgan fingerprint density at radius 2 is 1.79 bits per heavy atom. The standard InChI is InChI=1S/C30H25BrClNO5/c1-4-37-30(35)24-16(2)33-27-20-7-5-6-8-21(20)28(34)26(27)25(24)18-13-22(32)29(23(14-18)36-3)38-15-17-9-11-19(31)12-10-17/h5-14,25,33H,4,15H2,1-3H3/t25-/m1/s1. The Labute approximate surface area is 234 Å².